The summed E-state index contributed by atoms with van der Waals surface area (Å²) in [4.78, 5) is 8.94. The van der Waals surface area contributed by atoms with E-state index in [1.807, 2.05) is 0 Å². The molecule has 19 heavy (non-hydrogen) atoms. The van der Waals surface area contributed by atoms with E-state index in [2.05, 4.69) is 15.0 Å². The van der Waals surface area contributed by atoms with Crippen LogP contribution in [0.1, 0.15) is 11.5 Å². The van der Waals surface area contributed by atoms with Gasteiger partial charge in [-0.1, -0.05) is 11.6 Å². The van der Waals surface area contributed by atoms with Gasteiger partial charge in [-0.05, 0) is 12.1 Å². The summed E-state index contributed by atoms with van der Waals surface area (Å²) in [5, 5.41) is -0.804. The molecule has 3 nitrogen and oxygen atoms in total. The van der Waals surface area contributed by atoms with Crippen LogP contribution in [-0.2, 0) is 12.4 Å². The average molecular weight is 302 g/mol. The number of aromatic nitrogens is 3. The summed E-state index contributed by atoms with van der Waals surface area (Å²) in [5.41, 5.74) is -2.12. The minimum atomic E-state index is -4.92. The second kappa shape index (κ2) is 4.19. The smallest absolute Gasteiger partial charge is 0.223 e. The first kappa shape index (κ1) is 13.8. The van der Waals surface area contributed by atoms with Crippen LogP contribution < -0.4 is 0 Å². The zero-order valence-electron chi connectivity index (χ0n) is 8.64. The van der Waals surface area contributed by atoms with Crippen LogP contribution in [-0.4, -0.2) is 15.0 Å². The van der Waals surface area contributed by atoms with Crippen LogP contribution in [0.2, 0.25) is 5.15 Å². The Morgan fingerprint density at radius 3 is 2.00 bits per heavy atom. The highest BCUT2D eigenvalue weighted by atomic mass is 35.5. The molecule has 0 aliphatic heterocycles. The topological polar surface area (TPSA) is 38.7 Å². The minimum absolute atomic E-state index is 0.192. The number of hydrogen-bond acceptors (Lipinski definition) is 3. The van der Waals surface area contributed by atoms with E-state index in [1.54, 1.807) is 0 Å². The van der Waals surface area contributed by atoms with Crippen molar-refractivity contribution in [3.8, 4) is 0 Å². The molecule has 0 aliphatic carbocycles. The zero-order valence-corrected chi connectivity index (χ0v) is 9.40. The van der Waals surface area contributed by atoms with E-state index in [9.17, 15) is 26.3 Å². The SMILES string of the molecule is FC(F)(F)c1ccc2c(Cl)nc(C(F)(F)F)nc2n1. The maximum atomic E-state index is 12.4. The third kappa shape index (κ3) is 2.70. The molecule has 2 rings (SSSR count). The molecule has 0 atom stereocenters. The molecule has 0 saturated carbocycles. The van der Waals surface area contributed by atoms with Gasteiger partial charge in [0, 0.05) is 0 Å². The van der Waals surface area contributed by atoms with E-state index in [1.165, 1.54) is 0 Å². The Bertz CT molecular complexity index is 631. The number of nitrogens with zero attached hydrogens (tertiary/aromatic N) is 3. The summed E-state index contributed by atoms with van der Waals surface area (Å²) in [7, 11) is 0. The van der Waals surface area contributed by atoms with Crippen molar-refractivity contribution in [1.82, 2.24) is 15.0 Å². The fourth-order valence-corrected chi connectivity index (χ4v) is 1.49. The monoisotopic (exact) mass is 301 g/mol. The molecule has 0 N–H and O–H groups in total. The molecule has 0 saturated heterocycles. The molecular formula is C9H2ClF6N3. The first-order valence-corrected chi connectivity index (χ1v) is 4.95. The Kier molecular flexibility index (Phi) is 3.04. The van der Waals surface area contributed by atoms with Crippen LogP contribution in [0, 0.1) is 0 Å². The van der Waals surface area contributed by atoms with Crippen LogP contribution in [0.15, 0.2) is 12.1 Å². The van der Waals surface area contributed by atoms with Crippen molar-refractivity contribution in [2.24, 2.45) is 0 Å². The van der Waals surface area contributed by atoms with Gasteiger partial charge in [0.2, 0.25) is 5.82 Å². The molecule has 0 radical (unpaired) electrons. The van der Waals surface area contributed by atoms with Crippen molar-refractivity contribution in [2.75, 3.05) is 0 Å². The lowest BCUT2D eigenvalue weighted by molar-refractivity contribution is -0.144. The van der Waals surface area contributed by atoms with Gasteiger partial charge in [0.15, 0.2) is 5.65 Å². The summed E-state index contributed by atoms with van der Waals surface area (Å²) in [6.07, 6.45) is -9.71. The molecule has 0 bridgehead atoms. The largest absolute Gasteiger partial charge is 0.451 e. The van der Waals surface area contributed by atoms with Gasteiger partial charge in [0.1, 0.15) is 10.8 Å². The first-order chi connectivity index (χ1) is 8.59. The van der Waals surface area contributed by atoms with Crippen molar-refractivity contribution in [1.29, 1.82) is 0 Å². The number of halogens is 7. The van der Waals surface area contributed by atoms with Crippen LogP contribution in [0.4, 0.5) is 26.3 Å². The fourth-order valence-electron chi connectivity index (χ4n) is 1.26. The van der Waals surface area contributed by atoms with E-state index in [0.29, 0.717) is 6.07 Å². The summed E-state index contributed by atoms with van der Waals surface area (Å²) >= 11 is 5.46. The van der Waals surface area contributed by atoms with Crippen LogP contribution in [0.5, 0.6) is 0 Å². The van der Waals surface area contributed by atoms with Gasteiger partial charge in [0.05, 0.1) is 5.39 Å². The molecule has 2 aromatic rings. The maximum Gasteiger partial charge on any atom is 0.451 e. The number of pyridine rings is 1. The molecular weight excluding hydrogens is 300 g/mol. The summed E-state index contributed by atoms with van der Waals surface area (Å²) in [6, 6.07) is 1.46. The van der Waals surface area contributed by atoms with Crippen molar-refractivity contribution >= 4 is 22.6 Å². The summed E-state index contributed by atoms with van der Waals surface area (Å²) < 4.78 is 74.4. The number of alkyl halides is 6. The molecule has 102 valence electrons. The molecule has 0 spiro atoms. The Balaban J connectivity index is 2.70. The van der Waals surface area contributed by atoms with Gasteiger partial charge in [-0.2, -0.15) is 26.3 Å². The highest BCUT2D eigenvalue weighted by Gasteiger charge is 2.37. The van der Waals surface area contributed by atoms with E-state index >= 15 is 0 Å². The second-order valence-corrected chi connectivity index (χ2v) is 3.76. The zero-order chi connectivity index (χ0) is 14.4. The lowest BCUT2D eigenvalue weighted by Crippen LogP contribution is -2.13. The van der Waals surface area contributed by atoms with Gasteiger partial charge in [-0.15, -0.1) is 0 Å². The van der Waals surface area contributed by atoms with Gasteiger partial charge in [-0.25, -0.2) is 15.0 Å². The molecule has 0 unspecified atom stereocenters. The first-order valence-electron chi connectivity index (χ1n) is 4.58. The lowest BCUT2D eigenvalue weighted by atomic mass is 10.3. The van der Waals surface area contributed by atoms with Crippen LogP contribution >= 0.6 is 11.6 Å². The van der Waals surface area contributed by atoms with E-state index in [-0.39, 0.29) is 5.39 Å². The quantitative estimate of drug-likeness (QED) is 0.550. The predicted octanol–water partition coefficient (Wildman–Crippen LogP) is 3.72. The molecule has 2 aromatic heterocycles. The Morgan fingerprint density at radius 2 is 1.47 bits per heavy atom. The molecule has 10 heteroatoms. The fraction of sp³-hybridized carbons (Fsp3) is 0.222. The van der Waals surface area contributed by atoms with Gasteiger partial charge in [0.25, 0.3) is 0 Å². The van der Waals surface area contributed by atoms with Crippen molar-refractivity contribution < 1.29 is 26.3 Å². The van der Waals surface area contributed by atoms with E-state index < -0.39 is 34.7 Å². The number of rotatable bonds is 0. The molecule has 0 aliphatic rings. The van der Waals surface area contributed by atoms with E-state index in [4.69, 9.17) is 11.6 Å². The average Bonchev–Trinajstić information content (AvgIpc) is 2.25. The number of fused-ring (bicyclic) bond motifs is 1. The Morgan fingerprint density at radius 1 is 0.842 bits per heavy atom. The Labute approximate surface area is 106 Å². The molecule has 0 aromatic carbocycles. The highest BCUT2D eigenvalue weighted by molar-refractivity contribution is 6.33. The predicted molar refractivity (Wildman–Crippen MR) is 52.3 cm³/mol. The van der Waals surface area contributed by atoms with Gasteiger partial charge < -0.3 is 0 Å². The highest BCUT2D eigenvalue weighted by Crippen LogP contribution is 2.32. The maximum absolute atomic E-state index is 12.4. The van der Waals surface area contributed by atoms with Crippen molar-refractivity contribution in [3.63, 3.8) is 0 Å². The van der Waals surface area contributed by atoms with Gasteiger partial charge >= 0.3 is 12.4 Å². The van der Waals surface area contributed by atoms with Gasteiger partial charge in [-0.3, -0.25) is 0 Å². The van der Waals surface area contributed by atoms with Crippen molar-refractivity contribution in [2.45, 2.75) is 12.4 Å². The third-order valence-corrected chi connectivity index (χ3v) is 2.35. The second-order valence-electron chi connectivity index (χ2n) is 3.40. The summed E-state index contributed by atoms with van der Waals surface area (Å²) in [5.74, 6) is -1.64. The van der Waals surface area contributed by atoms with Crippen molar-refractivity contribution in [3.05, 3.63) is 28.8 Å². The van der Waals surface area contributed by atoms with Crippen LogP contribution in [0.3, 0.4) is 0 Å². The van der Waals surface area contributed by atoms with Crippen LogP contribution in [0.25, 0.3) is 11.0 Å². The molecule has 0 fully saturated rings. The standard InChI is InChI=1S/C9H2ClF6N3/c10-5-3-1-2-4(8(11,12)13)17-6(3)19-7(18-5)9(14,15)16/h1-2H. The molecule has 2 heterocycles. The lowest BCUT2D eigenvalue weighted by Gasteiger charge is -2.09. The van der Waals surface area contributed by atoms with E-state index in [0.717, 1.165) is 6.07 Å². The minimum Gasteiger partial charge on any atom is -0.223 e. The summed E-state index contributed by atoms with van der Waals surface area (Å²) in [6.45, 7) is 0. The normalized spacial score (nSPS) is 13.0. The Hall–Kier alpha value is -1.64. The third-order valence-electron chi connectivity index (χ3n) is 2.06. The number of hydrogen-bond donors (Lipinski definition) is 0. The molecule has 0 amide bonds.